The second-order valence-corrected chi connectivity index (χ2v) is 7.00. The highest BCUT2D eigenvalue weighted by atomic mass is 127. The number of aliphatic imine (C=N–C) groups is 1. The Hall–Kier alpha value is -0.0400. The van der Waals surface area contributed by atoms with Crippen LogP contribution in [0.2, 0.25) is 0 Å². The lowest BCUT2D eigenvalue weighted by atomic mass is 9.68. The summed E-state index contributed by atoms with van der Waals surface area (Å²) in [6.07, 6.45) is 8.33. The summed E-state index contributed by atoms with van der Waals surface area (Å²) in [5, 5.41) is 3.51. The van der Waals surface area contributed by atoms with Crippen LogP contribution in [-0.2, 0) is 0 Å². The van der Waals surface area contributed by atoms with E-state index in [1.54, 1.807) is 0 Å². The molecule has 3 aliphatic rings. The average Bonchev–Trinajstić information content (AvgIpc) is 3.01. The number of hydrogen-bond donors (Lipinski definition) is 1. The molecule has 1 aliphatic carbocycles. The predicted octanol–water partition coefficient (Wildman–Crippen LogP) is 2.54. The fourth-order valence-electron chi connectivity index (χ4n) is 4.03. The summed E-state index contributed by atoms with van der Waals surface area (Å²) in [5.41, 5.74) is 0.653. The number of guanidine groups is 1. The van der Waals surface area contributed by atoms with Crippen molar-refractivity contribution in [1.82, 2.24) is 15.1 Å². The molecule has 2 heterocycles. The van der Waals surface area contributed by atoms with Crippen LogP contribution < -0.4 is 5.32 Å². The third-order valence-electron chi connectivity index (χ3n) is 5.61. The number of likely N-dealkylation sites (N-methyl/N-ethyl adjacent to an activating group) is 1. The van der Waals surface area contributed by atoms with Gasteiger partial charge >= 0.3 is 0 Å². The van der Waals surface area contributed by atoms with E-state index < -0.39 is 0 Å². The highest BCUT2D eigenvalue weighted by Crippen LogP contribution is 2.47. The van der Waals surface area contributed by atoms with Gasteiger partial charge in [-0.25, -0.2) is 0 Å². The van der Waals surface area contributed by atoms with Gasteiger partial charge in [-0.3, -0.25) is 4.99 Å². The Labute approximate surface area is 146 Å². The zero-order valence-electron chi connectivity index (χ0n) is 13.6. The number of hydrogen-bond acceptors (Lipinski definition) is 2. The average molecular weight is 406 g/mol. The van der Waals surface area contributed by atoms with E-state index in [0.29, 0.717) is 11.5 Å². The smallest absolute Gasteiger partial charge is 0.193 e. The molecular formula is C16H31IN4. The molecule has 21 heavy (non-hydrogen) atoms. The molecule has 5 heteroatoms. The summed E-state index contributed by atoms with van der Waals surface area (Å²) in [6.45, 7) is 7.78. The van der Waals surface area contributed by atoms with Gasteiger partial charge in [-0.05, 0) is 58.0 Å². The van der Waals surface area contributed by atoms with E-state index in [9.17, 15) is 0 Å². The summed E-state index contributed by atoms with van der Waals surface area (Å²) in [4.78, 5) is 9.92. The van der Waals surface area contributed by atoms with Crippen molar-refractivity contribution < 1.29 is 0 Å². The Morgan fingerprint density at radius 2 is 2.05 bits per heavy atom. The van der Waals surface area contributed by atoms with Crippen molar-refractivity contribution in [3.05, 3.63) is 0 Å². The van der Waals surface area contributed by atoms with Crippen LogP contribution in [0.5, 0.6) is 0 Å². The minimum atomic E-state index is 0. The summed E-state index contributed by atoms with van der Waals surface area (Å²) in [6, 6.07) is 0.656. The van der Waals surface area contributed by atoms with Gasteiger partial charge in [0.15, 0.2) is 5.96 Å². The maximum Gasteiger partial charge on any atom is 0.193 e. The van der Waals surface area contributed by atoms with E-state index in [1.807, 2.05) is 0 Å². The van der Waals surface area contributed by atoms with E-state index in [4.69, 9.17) is 4.99 Å². The van der Waals surface area contributed by atoms with Crippen LogP contribution in [0.25, 0.3) is 0 Å². The third kappa shape index (κ3) is 3.84. The fourth-order valence-corrected chi connectivity index (χ4v) is 4.03. The molecule has 1 unspecified atom stereocenters. The van der Waals surface area contributed by atoms with Gasteiger partial charge in [0, 0.05) is 25.7 Å². The Morgan fingerprint density at radius 1 is 1.24 bits per heavy atom. The second kappa shape index (κ2) is 7.49. The van der Waals surface area contributed by atoms with Crippen molar-refractivity contribution in [3.8, 4) is 0 Å². The summed E-state index contributed by atoms with van der Waals surface area (Å²) in [7, 11) is 2.24. The van der Waals surface area contributed by atoms with E-state index in [-0.39, 0.29) is 24.0 Å². The molecule has 1 N–H and O–H groups in total. The zero-order chi connectivity index (χ0) is 14.0. The van der Waals surface area contributed by atoms with Gasteiger partial charge in [-0.2, -0.15) is 0 Å². The molecule has 122 valence electrons. The maximum atomic E-state index is 4.94. The Balaban J connectivity index is 0.00000161. The first-order valence-electron chi connectivity index (χ1n) is 8.46. The molecule has 2 saturated heterocycles. The maximum absolute atomic E-state index is 4.94. The Morgan fingerprint density at radius 3 is 2.57 bits per heavy atom. The Kier molecular flexibility index (Phi) is 6.17. The quantitative estimate of drug-likeness (QED) is 0.444. The van der Waals surface area contributed by atoms with Crippen LogP contribution in [0.4, 0.5) is 0 Å². The predicted molar refractivity (Wildman–Crippen MR) is 99.5 cm³/mol. The molecule has 0 aromatic carbocycles. The molecule has 0 aromatic heterocycles. The first kappa shape index (κ1) is 17.3. The van der Waals surface area contributed by atoms with Gasteiger partial charge in [0.05, 0.1) is 6.54 Å². The highest BCUT2D eigenvalue weighted by Gasteiger charge is 2.43. The monoisotopic (exact) mass is 406 g/mol. The van der Waals surface area contributed by atoms with Crippen LogP contribution in [0.1, 0.15) is 45.4 Å². The second-order valence-electron chi connectivity index (χ2n) is 7.00. The topological polar surface area (TPSA) is 30.9 Å². The highest BCUT2D eigenvalue weighted by molar-refractivity contribution is 14.0. The van der Waals surface area contributed by atoms with Crippen molar-refractivity contribution in [3.63, 3.8) is 0 Å². The van der Waals surface area contributed by atoms with Crippen LogP contribution in [0.3, 0.4) is 0 Å². The Bertz CT molecular complexity index is 367. The minimum absolute atomic E-state index is 0. The molecule has 0 radical (unpaired) electrons. The molecule has 1 saturated carbocycles. The lowest BCUT2D eigenvalue weighted by Gasteiger charge is -2.38. The molecular weight excluding hydrogens is 375 g/mol. The lowest BCUT2D eigenvalue weighted by molar-refractivity contribution is 0.151. The lowest BCUT2D eigenvalue weighted by Crippen LogP contribution is -2.43. The first-order valence-corrected chi connectivity index (χ1v) is 8.46. The van der Waals surface area contributed by atoms with Crippen LogP contribution in [0.15, 0.2) is 4.99 Å². The van der Waals surface area contributed by atoms with Gasteiger partial charge in [0.25, 0.3) is 0 Å². The summed E-state index contributed by atoms with van der Waals surface area (Å²) >= 11 is 0. The molecule has 1 spiro atoms. The van der Waals surface area contributed by atoms with Crippen LogP contribution in [-0.4, -0.2) is 61.6 Å². The van der Waals surface area contributed by atoms with Gasteiger partial charge < -0.3 is 15.1 Å². The number of rotatable bonds is 3. The van der Waals surface area contributed by atoms with Crippen molar-refractivity contribution in [1.29, 1.82) is 0 Å². The minimum Gasteiger partial charge on any atom is -0.357 e. The van der Waals surface area contributed by atoms with E-state index >= 15 is 0 Å². The molecule has 3 rings (SSSR count). The molecule has 0 aromatic rings. The normalized spacial score (nSPS) is 28.6. The van der Waals surface area contributed by atoms with Crippen molar-refractivity contribution in [2.75, 3.05) is 39.8 Å². The molecule has 1 atom stereocenters. The number of nitrogens with zero attached hydrogens (tertiary/aromatic N) is 3. The van der Waals surface area contributed by atoms with Gasteiger partial charge in [0.1, 0.15) is 0 Å². The van der Waals surface area contributed by atoms with Crippen LogP contribution in [0, 0.1) is 5.41 Å². The van der Waals surface area contributed by atoms with Gasteiger partial charge in [-0.1, -0.05) is 6.42 Å². The largest absolute Gasteiger partial charge is 0.357 e. The number of likely N-dealkylation sites (tertiary alicyclic amines) is 2. The molecule has 2 aliphatic heterocycles. The summed E-state index contributed by atoms with van der Waals surface area (Å²) < 4.78 is 0. The zero-order valence-corrected chi connectivity index (χ0v) is 15.9. The van der Waals surface area contributed by atoms with E-state index in [0.717, 1.165) is 19.0 Å². The molecule has 3 fully saturated rings. The van der Waals surface area contributed by atoms with Crippen molar-refractivity contribution in [2.24, 2.45) is 10.4 Å². The standard InChI is InChI=1S/C16H30N4.HI/c1-3-17-15(18-12-14-6-4-10-19(14)2)20-11-9-16(13-20)7-5-8-16;/h14H,3-13H2,1-2H3,(H,17,18);1H. The number of halogens is 1. The third-order valence-corrected chi connectivity index (χ3v) is 5.61. The van der Waals surface area contributed by atoms with Crippen molar-refractivity contribution in [2.45, 2.75) is 51.5 Å². The van der Waals surface area contributed by atoms with Gasteiger partial charge in [-0.15, -0.1) is 24.0 Å². The molecule has 0 bridgehead atoms. The van der Waals surface area contributed by atoms with Gasteiger partial charge in [0.2, 0.25) is 0 Å². The summed E-state index contributed by atoms with van der Waals surface area (Å²) in [5.74, 6) is 1.16. The number of nitrogens with one attached hydrogen (secondary N) is 1. The van der Waals surface area contributed by atoms with Crippen molar-refractivity contribution >= 4 is 29.9 Å². The van der Waals surface area contributed by atoms with E-state index in [1.165, 1.54) is 58.2 Å². The molecule has 0 amide bonds. The van der Waals surface area contributed by atoms with E-state index in [2.05, 4.69) is 29.1 Å². The fraction of sp³-hybridized carbons (Fsp3) is 0.938. The first-order chi connectivity index (χ1) is 9.72. The molecule has 4 nitrogen and oxygen atoms in total. The SMILES string of the molecule is CCNC(=NCC1CCCN1C)N1CCC2(CCC2)C1.I. The van der Waals surface area contributed by atoms with Crippen LogP contribution >= 0.6 is 24.0 Å².